The smallest absolute Gasteiger partial charge is 0.237 e. The normalized spacial score (nSPS) is 15.2. The van der Waals surface area contributed by atoms with Gasteiger partial charge in [-0.2, -0.15) is 0 Å². The fraction of sp³-hybridized carbons (Fsp3) is 0.643. The van der Waals surface area contributed by atoms with Crippen molar-refractivity contribution in [2.24, 2.45) is 11.1 Å². The summed E-state index contributed by atoms with van der Waals surface area (Å²) in [5, 5.41) is 2.94. The monoisotopic (exact) mass is 252 g/mol. The Hall–Kier alpha value is -1.29. The molecule has 0 aliphatic rings. The summed E-state index contributed by atoms with van der Waals surface area (Å²) in [6.07, 6.45) is 3.32. The second-order valence-corrected chi connectivity index (χ2v) is 5.87. The number of hydrogen-bond acceptors (Lipinski definition) is 3. The third-order valence-electron chi connectivity index (χ3n) is 3.01. The number of carbonyl (C=O) groups is 1. The summed E-state index contributed by atoms with van der Waals surface area (Å²) in [6, 6.07) is 3.42. The van der Waals surface area contributed by atoms with Crippen LogP contribution in [0.3, 0.4) is 0 Å². The highest BCUT2D eigenvalue weighted by Crippen LogP contribution is 2.17. The van der Waals surface area contributed by atoms with Crippen LogP contribution >= 0.6 is 0 Å². The van der Waals surface area contributed by atoms with Gasteiger partial charge in [-0.15, -0.1) is 0 Å². The molecule has 1 aromatic rings. The van der Waals surface area contributed by atoms with E-state index >= 15 is 0 Å². The van der Waals surface area contributed by atoms with Gasteiger partial charge in [-0.3, -0.25) is 4.79 Å². The van der Waals surface area contributed by atoms with Crippen molar-refractivity contribution in [1.82, 2.24) is 5.32 Å². The van der Waals surface area contributed by atoms with E-state index in [-0.39, 0.29) is 17.4 Å². The van der Waals surface area contributed by atoms with Crippen molar-refractivity contribution in [2.45, 2.75) is 52.6 Å². The number of nitrogens with one attached hydrogen (secondary N) is 1. The van der Waals surface area contributed by atoms with Crippen molar-refractivity contribution in [2.75, 3.05) is 0 Å². The molecule has 0 aromatic carbocycles. The number of amides is 1. The average Bonchev–Trinajstić information content (AvgIpc) is 2.76. The molecule has 4 nitrogen and oxygen atoms in total. The lowest BCUT2D eigenvalue weighted by molar-refractivity contribution is -0.125. The Labute approximate surface area is 109 Å². The molecule has 1 heterocycles. The summed E-state index contributed by atoms with van der Waals surface area (Å²) in [6.45, 7) is 7.87. The molecule has 0 aliphatic carbocycles. The average molecular weight is 252 g/mol. The summed E-state index contributed by atoms with van der Waals surface area (Å²) in [7, 11) is 0. The number of aryl methyl sites for hydroxylation is 1. The Morgan fingerprint density at radius 1 is 1.50 bits per heavy atom. The number of nitrogens with two attached hydrogens (primary N) is 1. The van der Waals surface area contributed by atoms with Crippen LogP contribution in [-0.2, 0) is 11.2 Å². The molecule has 102 valence electrons. The van der Waals surface area contributed by atoms with Gasteiger partial charge in [0, 0.05) is 12.5 Å². The van der Waals surface area contributed by atoms with Crippen LogP contribution < -0.4 is 11.1 Å². The lowest BCUT2D eigenvalue weighted by Gasteiger charge is -2.27. The number of rotatable bonds is 5. The Morgan fingerprint density at radius 3 is 2.67 bits per heavy atom. The van der Waals surface area contributed by atoms with Crippen molar-refractivity contribution in [1.29, 1.82) is 0 Å². The van der Waals surface area contributed by atoms with Crippen molar-refractivity contribution in [3.8, 4) is 0 Å². The minimum Gasteiger partial charge on any atom is -0.469 e. The quantitative estimate of drug-likeness (QED) is 0.843. The second-order valence-electron chi connectivity index (χ2n) is 5.87. The van der Waals surface area contributed by atoms with E-state index in [4.69, 9.17) is 10.2 Å². The van der Waals surface area contributed by atoms with Gasteiger partial charge in [-0.1, -0.05) is 20.8 Å². The minimum absolute atomic E-state index is 0.0885. The van der Waals surface area contributed by atoms with Gasteiger partial charge in [0.1, 0.15) is 5.76 Å². The third kappa shape index (κ3) is 4.53. The van der Waals surface area contributed by atoms with E-state index in [1.54, 1.807) is 6.26 Å². The molecule has 0 aliphatic heterocycles. The molecule has 0 saturated heterocycles. The van der Waals surface area contributed by atoms with Crippen molar-refractivity contribution < 1.29 is 9.21 Å². The third-order valence-corrected chi connectivity index (χ3v) is 3.01. The highest BCUT2D eigenvalue weighted by molar-refractivity contribution is 5.82. The molecular weight excluding hydrogens is 228 g/mol. The number of hydrogen-bond donors (Lipinski definition) is 2. The second kappa shape index (κ2) is 6.05. The van der Waals surface area contributed by atoms with Crippen LogP contribution in [-0.4, -0.2) is 18.0 Å². The molecule has 2 atom stereocenters. The fourth-order valence-corrected chi connectivity index (χ4v) is 1.61. The van der Waals surface area contributed by atoms with Crippen LogP contribution in [0.5, 0.6) is 0 Å². The zero-order valence-electron chi connectivity index (χ0n) is 11.7. The summed E-state index contributed by atoms with van der Waals surface area (Å²) >= 11 is 0. The Balaban J connectivity index is 2.36. The zero-order chi connectivity index (χ0) is 13.8. The molecule has 18 heavy (non-hydrogen) atoms. The Bertz CT molecular complexity index is 366. The molecule has 0 radical (unpaired) electrons. The van der Waals surface area contributed by atoms with E-state index in [0.717, 1.165) is 18.6 Å². The summed E-state index contributed by atoms with van der Waals surface area (Å²) < 4.78 is 5.25. The van der Waals surface area contributed by atoms with Gasteiger partial charge in [0.15, 0.2) is 0 Å². The first kappa shape index (κ1) is 14.8. The topological polar surface area (TPSA) is 68.3 Å². The van der Waals surface area contributed by atoms with E-state index in [9.17, 15) is 4.79 Å². The SMILES string of the molecule is CC(CCc1ccco1)NC(=O)[C@@H](N)C(C)(C)C. The van der Waals surface area contributed by atoms with Gasteiger partial charge in [0.05, 0.1) is 12.3 Å². The van der Waals surface area contributed by atoms with Gasteiger partial charge >= 0.3 is 0 Å². The first-order valence-corrected chi connectivity index (χ1v) is 6.39. The molecule has 1 aromatic heterocycles. The molecule has 0 spiro atoms. The maximum Gasteiger partial charge on any atom is 0.237 e. The van der Waals surface area contributed by atoms with Gasteiger partial charge in [0.2, 0.25) is 5.91 Å². The summed E-state index contributed by atoms with van der Waals surface area (Å²) in [5.41, 5.74) is 5.69. The van der Waals surface area contributed by atoms with Gasteiger partial charge in [0.25, 0.3) is 0 Å². The predicted molar refractivity (Wildman–Crippen MR) is 72.1 cm³/mol. The number of furan rings is 1. The summed E-state index contributed by atoms with van der Waals surface area (Å²) in [5.74, 6) is 0.852. The van der Waals surface area contributed by atoms with Crippen LogP contribution in [0.1, 0.15) is 39.9 Å². The summed E-state index contributed by atoms with van der Waals surface area (Å²) in [4.78, 5) is 11.9. The van der Waals surface area contributed by atoms with Crippen molar-refractivity contribution in [3.05, 3.63) is 24.2 Å². The maximum atomic E-state index is 11.9. The first-order valence-electron chi connectivity index (χ1n) is 6.39. The van der Waals surface area contributed by atoms with E-state index in [0.29, 0.717) is 0 Å². The lowest BCUT2D eigenvalue weighted by atomic mass is 9.87. The van der Waals surface area contributed by atoms with E-state index < -0.39 is 6.04 Å². The molecule has 0 bridgehead atoms. The van der Waals surface area contributed by atoms with Gasteiger partial charge < -0.3 is 15.5 Å². The molecule has 1 unspecified atom stereocenters. The minimum atomic E-state index is -0.483. The highest BCUT2D eigenvalue weighted by Gasteiger charge is 2.27. The molecule has 3 N–H and O–H groups in total. The first-order chi connectivity index (χ1) is 8.30. The Kier molecular flexibility index (Phi) is 4.96. The van der Waals surface area contributed by atoms with Crippen molar-refractivity contribution in [3.63, 3.8) is 0 Å². The van der Waals surface area contributed by atoms with Crippen LogP contribution in [0.2, 0.25) is 0 Å². The van der Waals surface area contributed by atoms with E-state index in [2.05, 4.69) is 5.32 Å². The van der Waals surface area contributed by atoms with Crippen LogP contribution in [0, 0.1) is 5.41 Å². The largest absolute Gasteiger partial charge is 0.469 e. The van der Waals surface area contributed by atoms with Crippen LogP contribution in [0.15, 0.2) is 22.8 Å². The van der Waals surface area contributed by atoms with Crippen LogP contribution in [0.25, 0.3) is 0 Å². The lowest BCUT2D eigenvalue weighted by Crippen LogP contribution is -2.50. The van der Waals surface area contributed by atoms with Crippen LogP contribution in [0.4, 0.5) is 0 Å². The van der Waals surface area contributed by atoms with Crippen molar-refractivity contribution >= 4 is 5.91 Å². The molecular formula is C14H24N2O2. The molecule has 1 amide bonds. The van der Waals surface area contributed by atoms with E-state index in [1.165, 1.54) is 0 Å². The standard InChI is InChI=1S/C14H24N2O2/c1-10(7-8-11-6-5-9-18-11)16-13(17)12(15)14(2,3)4/h5-6,9-10,12H,7-8,15H2,1-4H3,(H,16,17)/t10?,12-/m1/s1. The van der Waals surface area contributed by atoms with Gasteiger partial charge in [-0.05, 0) is 30.9 Å². The molecule has 0 fully saturated rings. The molecule has 0 saturated carbocycles. The zero-order valence-corrected chi connectivity index (χ0v) is 11.7. The molecule has 1 rings (SSSR count). The predicted octanol–water partition coefficient (Wildman–Crippen LogP) is 2.09. The number of carbonyl (C=O) groups excluding carboxylic acids is 1. The molecule has 4 heteroatoms. The Morgan fingerprint density at radius 2 is 2.17 bits per heavy atom. The highest BCUT2D eigenvalue weighted by atomic mass is 16.3. The maximum absolute atomic E-state index is 11.9. The fourth-order valence-electron chi connectivity index (χ4n) is 1.61. The van der Waals surface area contributed by atoms with E-state index in [1.807, 2.05) is 39.8 Å². The van der Waals surface area contributed by atoms with Gasteiger partial charge in [-0.25, -0.2) is 0 Å².